The monoisotopic (exact) mass is 408 g/mol. The van der Waals surface area contributed by atoms with Crippen LogP contribution in [0.25, 0.3) is 11.1 Å². The minimum absolute atomic E-state index is 0.145. The van der Waals surface area contributed by atoms with Crippen molar-refractivity contribution < 1.29 is 23.1 Å². The van der Waals surface area contributed by atoms with Crippen molar-refractivity contribution in [2.45, 2.75) is 11.5 Å². The van der Waals surface area contributed by atoms with Crippen LogP contribution in [0.4, 0.5) is 14.5 Å². The number of amides is 1. The summed E-state index contributed by atoms with van der Waals surface area (Å²) in [6.07, 6.45) is 0. The average Bonchev–Trinajstić information content (AvgIpc) is 3.11. The van der Waals surface area contributed by atoms with Crippen molar-refractivity contribution in [2.75, 3.05) is 11.9 Å². The van der Waals surface area contributed by atoms with Crippen molar-refractivity contribution in [1.29, 1.82) is 0 Å². The molecule has 1 unspecified atom stereocenters. The Bertz CT molecular complexity index is 987. The van der Waals surface area contributed by atoms with E-state index in [1.54, 1.807) is 18.2 Å². The highest BCUT2D eigenvalue weighted by molar-refractivity contribution is 9.10. The van der Waals surface area contributed by atoms with E-state index in [-0.39, 0.29) is 26.8 Å². The molecule has 128 valence electrons. The molecule has 25 heavy (non-hydrogen) atoms. The van der Waals surface area contributed by atoms with Gasteiger partial charge < -0.3 is 14.4 Å². The lowest BCUT2D eigenvalue weighted by atomic mass is 9.88. The van der Waals surface area contributed by atoms with E-state index < -0.39 is 23.3 Å². The van der Waals surface area contributed by atoms with Gasteiger partial charge in [0.05, 0.1) is 5.69 Å². The molecule has 1 N–H and O–H groups in total. The number of aliphatic hydroxyl groups is 1. The van der Waals surface area contributed by atoms with Crippen molar-refractivity contribution >= 4 is 38.6 Å². The fourth-order valence-electron chi connectivity index (χ4n) is 3.06. The zero-order valence-corrected chi connectivity index (χ0v) is 14.4. The molecule has 1 amide bonds. The molecule has 1 aliphatic rings. The van der Waals surface area contributed by atoms with Crippen molar-refractivity contribution in [3.8, 4) is 0 Å². The Morgan fingerprint density at radius 3 is 2.68 bits per heavy atom. The zero-order chi connectivity index (χ0) is 18.0. The molecule has 2 heterocycles. The van der Waals surface area contributed by atoms with Gasteiger partial charge in [-0.05, 0) is 24.3 Å². The minimum Gasteiger partial charge on any atom is -0.435 e. The van der Waals surface area contributed by atoms with E-state index in [1.807, 2.05) is 0 Å². The van der Waals surface area contributed by atoms with Crippen LogP contribution in [0.5, 0.6) is 0 Å². The molecule has 1 aliphatic heterocycles. The smallest absolute Gasteiger partial charge is 0.363 e. The first-order valence-electron chi connectivity index (χ1n) is 7.32. The Morgan fingerprint density at radius 2 is 1.96 bits per heavy atom. The number of carbonyl (C=O) groups excluding carboxylic acids is 1. The van der Waals surface area contributed by atoms with Gasteiger partial charge >= 0.3 is 5.92 Å². The third-order valence-corrected chi connectivity index (χ3v) is 5.01. The molecule has 0 bridgehead atoms. The maximum Gasteiger partial charge on any atom is 0.363 e. The van der Waals surface area contributed by atoms with Crippen molar-refractivity contribution in [2.24, 2.45) is 0 Å². The molecule has 2 aromatic carbocycles. The lowest BCUT2D eigenvalue weighted by Crippen LogP contribution is -2.50. The molecule has 0 saturated carbocycles. The van der Waals surface area contributed by atoms with E-state index in [9.17, 15) is 9.90 Å². The van der Waals surface area contributed by atoms with E-state index in [0.717, 1.165) is 4.90 Å². The van der Waals surface area contributed by atoms with Crippen LogP contribution in [0.15, 0.2) is 51.4 Å². The number of halogens is 3. The molecule has 4 rings (SSSR count). The summed E-state index contributed by atoms with van der Waals surface area (Å²) in [4.78, 5) is 17.3. The van der Waals surface area contributed by atoms with E-state index in [1.165, 1.54) is 31.3 Å². The number of fused-ring (bicyclic) bond motifs is 2. The molecule has 0 spiro atoms. The molecule has 1 atom stereocenters. The number of benzene rings is 2. The lowest BCUT2D eigenvalue weighted by molar-refractivity contribution is -0.204. The van der Waals surface area contributed by atoms with Crippen LogP contribution in [0.2, 0.25) is 0 Å². The number of hydrogen-bond acceptors (Lipinski definition) is 4. The first kappa shape index (κ1) is 16.2. The van der Waals surface area contributed by atoms with Crippen LogP contribution < -0.4 is 4.90 Å². The number of anilines is 1. The summed E-state index contributed by atoms with van der Waals surface area (Å²) in [7, 11) is 1.33. The summed E-state index contributed by atoms with van der Waals surface area (Å²) in [5.41, 5.74) is -2.79. The molecule has 0 aliphatic carbocycles. The first-order chi connectivity index (χ1) is 11.8. The normalized spacial score (nSPS) is 20.4. The summed E-state index contributed by atoms with van der Waals surface area (Å²) in [6.45, 7) is 0. The van der Waals surface area contributed by atoms with Gasteiger partial charge in [0.1, 0.15) is 5.52 Å². The van der Waals surface area contributed by atoms with Gasteiger partial charge in [-0.15, -0.1) is 0 Å². The minimum atomic E-state index is -4.08. The number of aromatic nitrogens is 1. The van der Waals surface area contributed by atoms with E-state index in [2.05, 4.69) is 20.9 Å². The van der Waals surface area contributed by atoms with Crippen LogP contribution in [-0.2, 0) is 16.3 Å². The van der Waals surface area contributed by atoms with Crippen LogP contribution in [-0.4, -0.2) is 23.0 Å². The maximum atomic E-state index is 15.3. The Morgan fingerprint density at radius 1 is 1.24 bits per heavy atom. The lowest BCUT2D eigenvalue weighted by Gasteiger charge is -2.29. The van der Waals surface area contributed by atoms with Gasteiger partial charge in [0.15, 0.2) is 5.58 Å². The number of hydrogen-bond donors (Lipinski definition) is 1. The van der Waals surface area contributed by atoms with Gasteiger partial charge in [-0.3, -0.25) is 4.79 Å². The Kier molecular flexibility index (Phi) is 3.29. The maximum absolute atomic E-state index is 15.3. The van der Waals surface area contributed by atoms with Gasteiger partial charge in [0.2, 0.25) is 5.60 Å². The summed E-state index contributed by atoms with van der Waals surface area (Å²) in [6, 6.07) is 10.8. The third-order valence-electron chi connectivity index (χ3n) is 4.35. The highest BCUT2D eigenvalue weighted by atomic mass is 79.9. The number of nitrogens with zero attached hydrogens (tertiary/aromatic N) is 2. The number of oxazole rings is 1. The second kappa shape index (κ2) is 5.09. The predicted octanol–water partition coefficient (Wildman–Crippen LogP) is 3.55. The quantitative estimate of drug-likeness (QED) is 0.703. The van der Waals surface area contributed by atoms with Gasteiger partial charge in [-0.1, -0.05) is 34.1 Å². The highest BCUT2D eigenvalue weighted by Gasteiger charge is 2.68. The summed E-state index contributed by atoms with van der Waals surface area (Å²) in [5.74, 6) is -6.24. The molecular formula is C17H11BrF2N2O3. The fraction of sp³-hybridized carbons (Fsp3) is 0.176. The SMILES string of the molecule is CN1C(=O)C(O)(C(F)(F)c2nc3ccccc3o2)c2c(Br)cccc21. The summed E-state index contributed by atoms with van der Waals surface area (Å²) < 4.78 is 35.9. The fourth-order valence-corrected chi connectivity index (χ4v) is 3.70. The Hall–Kier alpha value is -2.32. The number of alkyl halides is 2. The van der Waals surface area contributed by atoms with Gasteiger partial charge in [-0.25, -0.2) is 4.98 Å². The van der Waals surface area contributed by atoms with Crippen molar-refractivity contribution in [3.05, 3.63) is 58.4 Å². The third kappa shape index (κ3) is 1.95. The van der Waals surface area contributed by atoms with Crippen molar-refractivity contribution in [1.82, 2.24) is 4.98 Å². The average molecular weight is 409 g/mol. The van der Waals surface area contributed by atoms with Crippen molar-refractivity contribution in [3.63, 3.8) is 0 Å². The largest absolute Gasteiger partial charge is 0.435 e. The zero-order valence-electron chi connectivity index (χ0n) is 12.8. The molecule has 0 fully saturated rings. The second-order valence-corrected chi connectivity index (χ2v) is 6.62. The van der Waals surface area contributed by atoms with Gasteiger partial charge in [0.25, 0.3) is 11.8 Å². The van der Waals surface area contributed by atoms with E-state index in [4.69, 9.17) is 4.42 Å². The topological polar surface area (TPSA) is 66.6 Å². The highest BCUT2D eigenvalue weighted by Crippen LogP contribution is 2.54. The van der Waals surface area contributed by atoms with Crippen LogP contribution >= 0.6 is 15.9 Å². The van der Waals surface area contributed by atoms with E-state index in [0.29, 0.717) is 0 Å². The molecule has 0 saturated heterocycles. The van der Waals surface area contributed by atoms with E-state index >= 15 is 8.78 Å². The molecule has 5 nitrogen and oxygen atoms in total. The molecule has 8 heteroatoms. The molecule has 0 radical (unpaired) electrons. The van der Waals surface area contributed by atoms with Gasteiger partial charge in [-0.2, -0.15) is 8.78 Å². The van der Waals surface area contributed by atoms with Crippen LogP contribution in [0.3, 0.4) is 0 Å². The first-order valence-corrected chi connectivity index (χ1v) is 8.11. The standard InChI is InChI=1S/C17H11BrF2N2O3/c1-22-11-7-4-5-9(18)13(11)16(24,15(22)23)17(19,20)14-21-10-6-2-3-8-12(10)25-14/h2-8,24H,1H3. The number of para-hydroxylation sites is 2. The summed E-state index contributed by atoms with van der Waals surface area (Å²) >= 11 is 3.15. The number of likely N-dealkylation sites (N-methyl/N-ethyl adjacent to an activating group) is 1. The molecular weight excluding hydrogens is 398 g/mol. The van der Waals surface area contributed by atoms with Crippen LogP contribution in [0.1, 0.15) is 11.5 Å². The Labute approximate surface area is 149 Å². The van der Waals surface area contributed by atoms with Crippen LogP contribution in [0, 0.1) is 0 Å². The molecule has 3 aromatic rings. The Balaban J connectivity index is 1.97. The second-order valence-electron chi connectivity index (χ2n) is 5.77. The summed E-state index contributed by atoms with van der Waals surface area (Å²) in [5, 5.41) is 10.9. The predicted molar refractivity (Wildman–Crippen MR) is 89.4 cm³/mol. The van der Waals surface area contributed by atoms with Gasteiger partial charge in [0, 0.05) is 17.1 Å². The number of rotatable bonds is 2. The number of carbonyl (C=O) groups is 1. The molecule has 1 aromatic heterocycles.